The molecule has 3 nitrogen and oxygen atoms in total. The third-order valence-corrected chi connectivity index (χ3v) is 3.47. The zero-order valence-corrected chi connectivity index (χ0v) is 8.36. The van der Waals surface area contributed by atoms with Gasteiger partial charge in [-0.15, -0.1) is 0 Å². The van der Waals surface area contributed by atoms with E-state index in [2.05, 4.69) is 0 Å². The highest BCUT2D eigenvalue weighted by molar-refractivity contribution is 8.11. The fourth-order valence-electron chi connectivity index (χ4n) is 1.52. The van der Waals surface area contributed by atoms with E-state index in [-0.39, 0.29) is 12.2 Å². The molecule has 2 atom stereocenters. The van der Waals surface area contributed by atoms with Gasteiger partial charge in [0.2, 0.25) is 0 Å². The van der Waals surface area contributed by atoms with Crippen LogP contribution in [0.3, 0.4) is 0 Å². The third-order valence-electron chi connectivity index (χ3n) is 2.14. The Kier molecular flexibility index (Phi) is 3.59. The van der Waals surface area contributed by atoms with Crippen LogP contribution in [0.4, 0.5) is 0 Å². The predicted molar refractivity (Wildman–Crippen MR) is 49.3 cm³/mol. The largest absolute Gasteiger partial charge is 0.308 e. The van der Waals surface area contributed by atoms with Crippen molar-refractivity contribution in [3.8, 4) is 0 Å². The van der Waals surface area contributed by atoms with Crippen LogP contribution in [-0.2, 0) is 13.4 Å². The van der Waals surface area contributed by atoms with Crippen molar-refractivity contribution in [1.82, 2.24) is 0 Å². The first kappa shape index (κ1) is 9.15. The lowest BCUT2D eigenvalue weighted by molar-refractivity contribution is -0.257. The molecule has 2 rings (SSSR count). The summed E-state index contributed by atoms with van der Waals surface area (Å²) in [7, 11) is 0. The van der Waals surface area contributed by atoms with Gasteiger partial charge in [0, 0.05) is 24.1 Å². The molecular formula is C7H12O3S2. The molecular weight excluding hydrogens is 196 g/mol. The number of rotatable bonds is 0. The van der Waals surface area contributed by atoms with E-state index in [0.717, 1.165) is 17.9 Å². The molecule has 0 bridgehead atoms. The van der Waals surface area contributed by atoms with E-state index in [9.17, 15) is 0 Å². The first-order valence-electron chi connectivity index (χ1n) is 4.20. The van der Waals surface area contributed by atoms with Crippen molar-refractivity contribution in [2.24, 2.45) is 0 Å². The van der Waals surface area contributed by atoms with Gasteiger partial charge in [0.15, 0.2) is 0 Å². The van der Waals surface area contributed by atoms with Crippen molar-refractivity contribution in [3.63, 3.8) is 0 Å². The van der Waals surface area contributed by atoms with E-state index in [4.69, 9.17) is 13.4 Å². The molecule has 5 heteroatoms. The fraction of sp³-hybridized carbons (Fsp3) is 1.00. The van der Waals surface area contributed by atoms with Crippen molar-refractivity contribution in [3.05, 3.63) is 0 Å². The highest BCUT2D eigenvalue weighted by atomic mass is 32.2. The van der Waals surface area contributed by atoms with E-state index in [1.54, 1.807) is 0 Å². The summed E-state index contributed by atoms with van der Waals surface area (Å²) in [6.07, 6.45) is 5.03. The molecule has 0 N–H and O–H groups in total. The second-order valence-corrected chi connectivity index (χ2v) is 4.72. The lowest BCUT2D eigenvalue weighted by atomic mass is 9.95. The first-order valence-corrected chi connectivity index (χ1v) is 6.02. The molecule has 70 valence electrons. The van der Waals surface area contributed by atoms with Gasteiger partial charge in [-0.2, -0.15) is 4.33 Å². The van der Waals surface area contributed by atoms with Gasteiger partial charge >= 0.3 is 0 Å². The minimum atomic E-state index is 0.152. The Morgan fingerprint density at radius 2 is 1.83 bits per heavy atom. The number of hydrogen-bond donors (Lipinski definition) is 0. The van der Waals surface area contributed by atoms with Gasteiger partial charge in [-0.1, -0.05) is 12.8 Å². The Morgan fingerprint density at radius 1 is 1.00 bits per heavy atom. The quantitative estimate of drug-likeness (QED) is 0.450. The average Bonchev–Trinajstić information content (AvgIpc) is 2.06. The summed E-state index contributed by atoms with van der Waals surface area (Å²) in [6, 6.07) is 0. The molecule has 0 aromatic rings. The minimum Gasteiger partial charge on any atom is -0.308 e. The van der Waals surface area contributed by atoms with Crippen LogP contribution in [0.1, 0.15) is 25.7 Å². The van der Waals surface area contributed by atoms with Gasteiger partial charge in [-0.05, 0) is 12.8 Å². The summed E-state index contributed by atoms with van der Waals surface area (Å²) in [5.41, 5.74) is 0. The topological polar surface area (TPSA) is 27.7 Å². The molecule has 1 saturated heterocycles. The third kappa shape index (κ3) is 2.29. The van der Waals surface area contributed by atoms with E-state index in [1.165, 1.54) is 36.9 Å². The van der Waals surface area contributed by atoms with Crippen molar-refractivity contribution < 1.29 is 13.4 Å². The fourth-order valence-corrected chi connectivity index (χ4v) is 2.60. The molecule has 1 aliphatic heterocycles. The number of fused-ring (bicyclic) bond motifs is 1. The summed E-state index contributed by atoms with van der Waals surface area (Å²) in [6.45, 7) is 0. The van der Waals surface area contributed by atoms with Crippen LogP contribution in [0.25, 0.3) is 0 Å². The highest BCUT2D eigenvalue weighted by Gasteiger charge is 2.29. The molecule has 0 radical (unpaired) electrons. The Bertz CT molecular complexity index is 129. The minimum absolute atomic E-state index is 0.152. The van der Waals surface area contributed by atoms with Gasteiger partial charge in [-0.25, -0.2) is 4.89 Å². The monoisotopic (exact) mass is 208 g/mol. The lowest BCUT2D eigenvalue weighted by Crippen LogP contribution is -2.33. The molecule has 1 saturated carbocycles. The maximum absolute atomic E-state index is 5.58. The van der Waals surface area contributed by atoms with Gasteiger partial charge in [0.25, 0.3) is 0 Å². The van der Waals surface area contributed by atoms with Crippen molar-refractivity contribution in [2.45, 2.75) is 37.9 Å². The van der Waals surface area contributed by atoms with Crippen LogP contribution in [0.5, 0.6) is 0 Å². The Balaban J connectivity index is 1.89. The van der Waals surface area contributed by atoms with Crippen LogP contribution in [0.2, 0.25) is 0 Å². The number of hydrogen-bond acceptors (Lipinski definition) is 5. The summed E-state index contributed by atoms with van der Waals surface area (Å²) in [4.78, 5) is 5.21. The summed E-state index contributed by atoms with van der Waals surface area (Å²) in [5, 5.41) is 0.781. The van der Waals surface area contributed by atoms with Gasteiger partial charge in [0.1, 0.15) is 12.2 Å². The maximum Gasteiger partial charge on any atom is 0.122 e. The maximum atomic E-state index is 5.58. The molecule has 12 heavy (non-hydrogen) atoms. The molecule has 0 aromatic heterocycles. The molecule has 2 unspecified atom stereocenters. The van der Waals surface area contributed by atoms with E-state index in [1.807, 2.05) is 0 Å². The molecule has 0 spiro atoms. The second kappa shape index (κ2) is 4.72. The average molecular weight is 208 g/mol. The predicted octanol–water partition coefficient (Wildman–Crippen LogP) is 2.53. The molecule has 2 fully saturated rings. The van der Waals surface area contributed by atoms with E-state index in [0.29, 0.717) is 0 Å². The highest BCUT2D eigenvalue weighted by Crippen LogP contribution is 2.31. The van der Waals surface area contributed by atoms with Crippen LogP contribution >= 0.6 is 24.1 Å². The normalized spacial score (nSPS) is 38.0. The summed E-state index contributed by atoms with van der Waals surface area (Å²) >= 11 is 2.77. The SMILES string of the molecule is C1CCC2OSCSOOC2C1. The first-order chi connectivity index (χ1) is 5.97. The zero-order valence-electron chi connectivity index (χ0n) is 6.73. The molecule has 1 aliphatic carbocycles. The van der Waals surface area contributed by atoms with Gasteiger partial charge in [0.05, 0.1) is 5.08 Å². The Morgan fingerprint density at radius 3 is 2.75 bits per heavy atom. The van der Waals surface area contributed by atoms with Crippen LogP contribution in [-0.4, -0.2) is 17.3 Å². The molecule has 1 heterocycles. The Hall–Kier alpha value is 0.580. The van der Waals surface area contributed by atoms with Crippen LogP contribution in [0, 0.1) is 0 Å². The lowest BCUT2D eigenvalue weighted by Gasteiger charge is -2.30. The summed E-state index contributed by atoms with van der Waals surface area (Å²) < 4.78 is 10.5. The van der Waals surface area contributed by atoms with E-state index >= 15 is 0 Å². The van der Waals surface area contributed by atoms with Crippen LogP contribution < -0.4 is 0 Å². The van der Waals surface area contributed by atoms with Gasteiger partial charge < -0.3 is 4.18 Å². The summed E-state index contributed by atoms with van der Waals surface area (Å²) in [5.74, 6) is 0. The van der Waals surface area contributed by atoms with Gasteiger partial charge in [-0.3, -0.25) is 0 Å². The second-order valence-electron chi connectivity index (χ2n) is 2.98. The van der Waals surface area contributed by atoms with Crippen molar-refractivity contribution >= 4 is 24.1 Å². The Labute approximate surface area is 80.9 Å². The molecule has 0 aromatic carbocycles. The molecule has 0 amide bonds. The van der Waals surface area contributed by atoms with Crippen molar-refractivity contribution in [2.75, 3.05) is 5.08 Å². The molecule has 2 aliphatic rings. The van der Waals surface area contributed by atoms with Crippen molar-refractivity contribution in [1.29, 1.82) is 0 Å². The standard InChI is InChI=1S/C7H12O3S2/c1-2-4-7-6(3-1)8-10-12-5-11-9-7/h6-7H,1-5H2. The van der Waals surface area contributed by atoms with Crippen LogP contribution in [0.15, 0.2) is 0 Å². The van der Waals surface area contributed by atoms with E-state index < -0.39 is 0 Å². The zero-order chi connectivity index (χ0) is 8.23. The smallest absolute Gasteiger partial charge is 0.122 e.